The summed E-state index contributed by atoms with van der Waals surface area (Å²) in [6.45, 7) is 0. The average molecular weight is 326 g/mol. The van der Waals surface area contributed by atoms with Crippen LogP contribution in [0.15, 0.2) is 53.1 Å². The van der Waals surface area contributed by atoms with Crippen LogP contribution in [0.2, 0.25) is 5.02 Å². The smallest absolute Gasteiger partial charge is 0.239 e. The molecule has 0 fully saturated rings. The lowest BCUT2D eigenvalue weighted by atomic mass is 10.2. The molecule has 0 bridgehead atoms. The fourth-order valence-corrected chi connectivity index (χ4v) is 2.24. The van der Waals surface area contributed by atoms with Crippen LogP contribution >= 0.6 is 11.6 Å². The maximum absolute atomic E-state index is 9.35. The zero-order valence-electron chi connectivity index (χ0n) is 12.2. The molecule has 6 heteroatoms. The highest BCUT2D eigenvalue weighted by Crippen LogP contribution is 2.26. The van der Waals surface area contributed by atoms with E-state index in [1.54, 1.807) is 25.3 Å². The molecule has 0 unspecified atom stereocenters. The molecule has 2 aromatic carbocycles. The minimum atomic E-state index is 0.229. The number of benzene rings is 2. The highest BCUT2D eigenvalue weighted by Gasteiger charge is 2.11. The number of para-hydroxylation sites is 2. The number of nitrogens with zero attached hydrogens (tertiary/aromatic N) is 2. The third kappa shape index (κ3) is 3.12. The fourth-order valence-electron chi connectivity index (χ4n) is 2.07. The summed E-state index contributed by atoms with van der Waals surface area (Å²) in [5.74, 6) is 0.901. The Kier molecular flexibility index (Phi) is 4.18. The molecule has 0 aliphatic rings. The Morgan fingerprint density at radius 2 is 2.17 bits per heavy atom. The number of oxazole rings is 1. The number of nitrogens with one attached hydrogen (secondary N) is 1. The summed E-state index contributed by atoms with van der Waals surface area (Å²) < 4.78 is 10.8. The second kappa shape index (κ2) is 6.42. The van der Waals surface area contributed by atoms with Crippen LogP contribution in [0.5, 0.6) is 5.75 Å². The van der Waals surface area contributed by atoms with Gasteiger partial charge in [0.15, 0.2) is 5.58 Å². The predicted octanol–water partition coefficient (Wildman–Crippen LogP) is 4.47. The Morgan fingerprint density at radius 3 is 2.96 bits per heavy atom. The molecule has 114 valence electrons. The van der Waals surface area contributed by atoms with Gasteiger partial charge in [0.25, 0.3) is 0 Å². The zero-order chi connectivity index (χ0) is 16.2. The molecule has 3 aromatic rings. The SMILES string of the molecule is COc1ccccc1NC=C(C#N)c1nc2cc(Cl)ccc2o1. The molecule has 0 atom stereocenters. The molecule has 0 saturated carbocycles. The van der Waals surface area contributed by atoms with Crippen LogP contribution in [0.25, 0.3) is 16.7 Å². The quantitative estimate of drug-likeness (QED) is 0.717. The Balaban J connectivity index is 1.93. The van der Waals surface area contributed by atoms with Crippen molar-refractivity contribution >= 4 is 34.0 Å². The van der Waals surface area contributed by atoms with Crippen molar-refractivity contribution in [2.75, 3.05) is 12.4 Å². The molecule has 5 nitrogen and oxygen atoms in total. The number of fused-ring (bicyclic) bond motifs is 1. The number of halogens is 1. The summed E-state index contributed by atoms with van der Waals surface area (Å²) in [5, 5.41) is 12.9. The van der Waals surface area contributed by atoms with Gasteiger partial charge in [-0.2, -0.15) is 5.26 Å². The van der Waals surface area contributed by atoms with Crippen LogP contribution in [0, 0.1) is 11.3 Å². The van der Waals surface area contributed by atoms with Gasteiger partial charge in [0.2, 0.25) is 5.89 Å². The summed E-state index contributed by atoms with van der Waals surface area (Å²) in [4.78, 5) is 4.29. The van der Waals surface area contributed by atoms with Gasteiger partial charge >= 0.3 is 0 Å². The number of rotatable bonds is 4. The number of anilines is 1. The third-order valence-electron chi connectivity index (χ3n) is 3.18. The van der Waals surface area contributed by atoms with E-state index < -0.39 is 0 Å². The number of aromatic nitrogens is 1. The lowest BCUT2D eigenvalue weighted by molar-refractivity contribution is 0.417. The van der Waals surface area contributed by atoms with Crippen molar-refractivity contribution in [1.29, 1.82) is 5.26 Å². The van der Waals surface area contributed by atoms with Crippen LogP contribution in [0.1, 0.15) is 5.89 Å². The average Bonchev–Trinajstić information content (AvgIpc) is 2.98. The molecule has 0 aliphatic carbocycles. The number of methoxy groups -OCH3 is 1. The first kappa shape index (κ1) is 14.9. The molecule has 0 saturated heterocycles. The van der Waals surface area contributed by atoms with Crippen molar-refractivity contribution in [1.82, 2.24) is 4.98 Å². The Bertz CT molecular complexity index is 925. The number of hydrogen-bond donors (Lipinski definition) is 1. The zero-order valence-corrected chi connectivity index (χ0v) is 13.0. The maximum Gasteiger partial charge on any atom is 0.239 e. The van der Waals surface area contributed by atoms with E-state index in [2.05, 4.69) is 16.4 Å². The minimum Gasteiger partial charge on any atom is -0.495 e. The van der Waals surface area contributed by atoms with Gasteiger partial charge in [-0.05, 0) is 30.3 Å². The highest BCUT2D eigenvalue weighted by atomic mass is 35.5. The summed E-state index contributed by atoms with van der Waals surface area (Å²) in [5.41, 5.74) is 2.18. The van der Waals surface area contributed by atoms with E-state index in [9.17, 15) is 5.26 Å². The fraction of sp³-hybridized carbons (Fsp3) is 0.0588. The molecule has 0 radical (unpaired) electrons. The Hall–Kier alpha value is -2.97. The van der Waals surface area contributed by atoms with Crippen LogP contribution in [0.4, 0.5) is 5.69 Å². The molecular formula is C17H12ClN3O2. The van der Waals surface area contributed by atoms with Crippen LogP contribution in [-0.2, 0) is 0 Å². The van der Waals surface area contributed by atoms with E-state index in [1.807, 2.05) is 24.3 Å². The maximum atomic E-state index is 9.35. The largest absolute Gasteiger partial charge is 0.495 e. The van der Waals surface area contributed by atoms with Crippen molar-refractivity contribution in [3.63, 3.8) is 0 Å². The van der Waals surface area contributed by atoms with E-state index in [0.29, 0.717) is 21.9 Å². The first-order chi connectivity index (χ1) is 11.2. The molecule has 1 N–H and O–H groups in total. The normalized spacial score (nSPS) is 11.3. The van der Waals surface area contributed by atoms with Crippen molar-refractivity contribution < 1.29 is 9.15 Å². The predicted molar refractivity (Wildman–Crippen MR) is 89.2 cm³/mol. The molecule has 0 amide bonds. The van der Waals surface area contributed by atoms with Gasteiger partial charge in [-0.1, -0.05) is 23.7 Å². The molecule has 0 aliphatic heterocycles. The summed E-state index contributed by atoms with van der Waals surface area (Å²) in [7, 11) is 1.58. The minimum absolute atomic E-state index is 0.229. The Labute approximate surface area is 137 Å². The van der Waals surface area contributed by atoms with Gasteiger partial charge in [-0.3, -0.25) is 0 Å². The molecular weight excluding hydrogens is 314 g/mol. The van der Waals surface area contributed by atoms with Gasteiger partial charge in [-0.15, -0.1) is 0 Å². The standard InChI is InChI=1S/C17H12ClN3O2/c1-22-15-5-3-2-4-13(15)20-10-11(9-19)17-21-14-8-12(18)6-7-16(14)23-17/h2-8,10,20H,1H3. The summed E-state index contributed by atoms with van der Waals surface area (Å²) in [6.07, 6.45) is 1.53. The first-order valence-corrected chi connectivity index (χ1v) is 7.15. The lowest BCUT2D eigenvalue weighted by Gasteiger charge is -2.07. The topological polar surface area (TPSA) is 71.1 Å². The van der Waals surface area contributed by atoms with Gasteiger partial charge in [-0.25, -0.2) is 4.98 Å². The van der Waals surface area contributed by atoms with Crippen LogP contribution in [-0.4, -0.2) is 12.1 Å². The van der Waals surface area contributed by atoms with Gasteiger partial charge in [0, 0.05) is 11.2 Å². The number of allylic oxidation sites excluding steroid dienone is 1. The van der Waals surface area contributed by atoms with E-state index in [1.165, 1.54) is 6.20 Å². The third-order valence-corrected chi connectivity index (χ3v) is 3.41. The van der Waals surface area contributed by atoms with Crippen LogP contribution < -0.4 is 10.1 Å². The lowest BCUT2D eigenvalue weighted by Crippen LogP contribution is -1.94. The Morgan fingerprint density at radius 1 is 1.35 bits per heavy atom. The molecule has 3 rings (SSSR count). The second-order valence-electron chi connectivity index (χ2n) is 4.65. The molecule has 1 heterocycles. The van der Waals surface area contributed by atoms with E-state index in [4.69, 9.17) is 20.8 Å². The molecule has 1 aromatic heterocycles. The molecule has 0 spiro atoms. The summed E-state index contributed by atoms with van der Waals surface area (Å²) >= 11 is 5.93. The number of hydrogen-bond acceptors (Lipinski definition) is 5. The van der Waals surface area contributed by atoms with Crippen molar-refractivity contribution in [3.05, 3.63) is 59.6 Å². The van der Waals surface area contributed by atoms with Gasteiger partial charge < -0.3 is 14.5 Å². The second-order valence-corrected chi connectivity index (χ2v) is 5.08. The van der Waals surface area contributed by atoms with Crippen molar-refractivity contribution in [3.8, 4) is 11.8 Å². The summed E-state index contributed by atoms with van der Waals surface area (Å²) in [6, 6.07) is 14.6. The monoisotopic (exact) mass is 325 g/mol. The van der Waals surface area contributed by atoms with Crippen molar-refractivity contribution in [2.45, 2.75) is 0 Å². The van der Waals surface area contributed by atoms with Crippen LogP contribution in [0.3, 0.4) is 0 Å². The first-order valence-electron chi connectivity index (χ1n) is 6.77. The number of nitriles is 1. The van der Waals surface area contributed by atoms with Crippen molar-refractivity contribution in [2.24, 2.45) is 0 Å². The van der Waals surface area contributed by atoms with E-state index >= 15 is 0 Å². The van der Waals surface area contributed by atoms with Gasteiger partial charge in [0.05, 0.1) is 12.8 Å². The highest BCUT2D eigenvalue weighted by molar-refractivity contribution is 6.31. The van der Waals surface area contributed by atoms with Gasteiger partial charge in [0.1, 0.15) is 22.9 Å². The van der Waals surface area contributed by atoms with E-state index in [-0.39, 0.29) is 11.5 Å². The molecule has 23 heavy (non-hydrogen) atoms. The number of ether oxygens (including phenoxy) is 1. The van der Waals surface area contributed by atoms with E-state index in [0.717, 1.165) is 5.69 Å².